The zero-order chi connectivity index (χ0) is 14.8. The summed E-state index contributed by atoms with van der Waals surface area (Å²) in [6, 6.07) is 6.28. The molecule has 0 saturated heterocycles. The lowest BCUT2D eigenvalue weighted by molar-refractivity contribution is 0.101. The summed E-state index contributed by atoms with van der Waals surface area (Å²) in [6.07, 6.45) is 5.24. The number of ketones is 1. The van der Waals surface area contributed by atoms with Gasteiger partial charge in [0, 0.05) is 18.7 Å². The number of rotatable bonds is 4. The fraction of sp³-hybridized carbons (Fsp3) is 0.533. The molecule has 1 aromatic carbocycles. The van der Waals surface area contributed by atoms with Gasteiger partial charge in [0.25, 0.3) is 0 Å². The van der Waals surface area contributed by atoms with E-state index in [0.29, 0.717) is 5.56 Å². The molecule has 0 N–H and O–H groups in total. The maximum Gasteiger partial charge on any atom is 0.243 e. The molecule has 4 nitrogen and oxygen atoms in total. The average Bonchev–Trinajstić information content (AvgIpc) is 2.47. The third kappa shape index (κ3) is 3.10. The Morgan fingerprint density at radius 2 is 1.65 bits per heavy atom. The van der Waals surface area contributed by atoms with E-state index in [-0.39, 0.29) is 16.7 Å². The first-order valence-corrected chi connectivity index (χ1v) is 8.46. The number of Topliss-reactive ketones (excluding diaryl/α,β-unsaturated/α-hetero) is 1. The number of carbonyl (C=O) groups excluding carboxylic acids is 1. The lowest BCUT2D eigenvalue weighted by atomic mass is 9.96. The molecule has 5 heteroatoms. The van der Waals surface area contributed by atoms with E-state index in [1.807, 2.05) is 0 Å². The highest BCUT2D eigenvalue weighted by Crippen LogP contribution is 2.26. The van der Waals surface area contributed by atoms with Crippen molar-refractivity contribution in [3.8, 4) is 0 Å². The summed E-state index contributed by atoms with van der Waals surface area (Å²) in [5.74, 6) is -0.0606. The molecule has 1 aliphatic carbocycles. The molecule has 0 aliphatic heterocycles. The highest BCUT2D eigenvalue weighted by molar-refractivity contribution is 7.89. The Bertz CT molecular complexity index is 572. The predicted molar refractivity (Wildman–Crippen MR) is 78.3 cm³/mol. The minimum Gasteiger partial charge on any atom is -0.295 e. The molecule has 1 aliphatic rings. The van der Waals surface area contributed by atoms with E-state index in [9.17, 15) is 13.2 Å². The highest BCUT2D eigenvalue weighted by atomic mass is 32.2. The van der Waals surface area contributed by atoms with Gasteiger partial charge in [-0.05, 0) is 31.9 Å². The Morgan fingerprint density at radius 1 is 1.10 bits per heavy atom. The maximum absolute atomic E-state index is 12.6. The van der Waals surface area contributed by atoms with Gasteiger partial charge in [0.1, 0.15) is 0 Å². The normalized spacial score (nSPS) is 17.4. The number of sulfonamides is 1. The predicted octanol–water partition coefficient (Wildman–Crippen LogP) is 2.84. The van der Waals surface area contributed by atoms with Crippen LogP contribution in [-0.4, -0.2) is 31.6 Å². The summed E-state index contributed by atoms with van der Waals surface area (Å²) in [5.41, 5.74) is 0.532. The molecule has 0 amide bonds. The van der Waals surface area contributed by atoms with Crippen LogP contribution in [0.15, 0.2) is 29.2 Å². The van der Waals surface area contributed by atoms with Crippen molar-refractivity contribution in [3.05, 3.63) is 29.8 Å². The van der Waals surface area contributed by atoms with Crippen molar-refractivity contribution in [2.24, 2.45) is 0 Å². The molecule has 1 aromatic rings. The Morgan fingerprint density at radius 3 is 2.15 bits per heavy atom. The second-order valence-corrected chi connectivity index (χ2v) is 7.39. The van der Waals surface area contributed by atoms with Gasteiger partial charge in [0.05, 0.1) is 4.90 Å². The van der Waals surface area contributed by atoms with Gasteiger partial charge in [-0.3, -0.25) is 4.79 Å². The maximum atomic E-state index is 12.6. The Balaban J connectivity index is 2.22. The van der Waals surface area contributed by atoms with Crippen molar-refractivity contribution in [1.82, 2.24) is 4.31 Å². The molecule has 0 atom stereocenters. The van der Waals surface area contributed by atoms with E-state index in [0.717, 1.165) is 25.7 Å². The zero-order valence-electron chi connectivity index (χ0n) is 12.0. The van der Waals surface area contributed by atoms with Gasteiger partial charge in [-0.15, -0.1) is 0 Å². The van der Waals surface area contributed by atoms with Gasteiger partial charge in [-0.25, -0.2) is 8.42 Å². The molecule has 1 fully saturated rings. The highest BCUT2D eigenvalue weighted by Gasteiger charge is 2.28. The molecule has 0 heterocycles. The van der Waals surface area contributed by atoms with Gasteiger partial charge >= 0.3 is 0 Å². The quantitative estimate of drug-likeness (QED) is 0.803. The summed E-state index contributed by atoms with van der Waals surface area (Å²) in [4.78, 5) is 11.5. The summed E-state index contributed by atoms with van der Waals surface area (Å²) in [7, 11) is -1.80. The molecule has 0 bridgehead atoms. The summed E-state index contributed by atoms with van der Waals surface area (Å²) < 4.78 is 26.6. The van der Waals surface area contributed by atoms with Crippen LogP contribution in [0.2, 0.25) is 0 Å². The first kappa shape index (κ1) is 15.2. The van der Waals surface area contributed by atoms with Crippen LogP contribution in [0.5, 0.6) is 0 Å². The van der Waals surface area contributed by atoms with E-state index in [1.54, 1.807) is 19.2 Å². The summed E-state index contributed by atoms with van der Waals surface area (Å²) >= 11 is 0. The smallest absolute Gasteiger partial charge is 0.243 e. The van der Waals surface area contributed by atoms with Crippen LogP contribution < -0.4 is 0 Å². The number of nitrogens with zero attached hydrogens (tertiary/aromatic N) is 1. The van der Waals surface area contributed by atoms with Crippen LogP contribution >= 0.6 is 0 Å². The Kier molecular flexibility index (Phi) is 4.60. The van der Waals surface area contributed by atoms with Crippen LogP contribution in [0.3, 0.4) is 0 Å². The molecule has 0 radical (unpaired) electrons. The monoisotopic (exact) mass is 295 g/mol. The van der Waals surface area contributed by atoms with E-state index < -0.39 is 10.0 Å². The molecule has 2 rings (SSSR count). The zero-order valence-corrected chi connectivity index (χ0v) is 12.8. The van der Waals surface area contributed by atoms with Crippen LogP contribution in [0, 0.1) is 0 Å². The van der Waals surface area contributed by atoms with E-state index >= 15 is 0 Å². The summed E-state index contributed by atoms with van der Waals surface area (Å²) in [5, 5.41) is 0. The fourth-order valence-electron chi connectivity index (χ4n) is 2.67. The van der Waals surface area contributed by atoms with Crippen molar-refractivity contribution in [2.75, 3.05) is 7.05 Å². The number of hydrogen-bond acceptors (Lipinski definition) is 3. The van der Waals surface area contributed by atoms with Crippen molar-refractivity contribution in [1.29, 1.82) is 0 Å². The Labute approximate surface area is 120 Å². The first-order chi connectivity index (χ1) is 9.43. The molecular weight excluding hydrogens is 274 g/mol. The number of benzene rings is 1. The largest absolute Gasteiger partial charge is 0.295 e. The molecule has 20 heavy (non-hydrogen) atoms. The van der Waals surface area contributed by atoms with Crippen molar-refractivity contribution < 1.29 is 13.2 Å². The molecule has 1 saturated carbocycles. The fourth-order valence-corrected chi connectivity index (χ4v) is 4.08. The summed E-state index contributed by atoms with van der Waals surface area (Å²) in [6.45, 7) is 1.47. The second-order valence-electron chi connectivity index (χ2n) is 5.39. The SMILES string of the molecule is CC(=O)c1ccc(S(=O)(=O)N(C)C2CCCCC2)cc1. The minimum atomic E-state index is -3.46. The van der Waals surface area contributed by atoms with Crippen LogP contribution in [0.4, 0.5) is 0 Å². The number of carbonyl (C=O) groups is 1. The minimum absolute atomic E-state index is 0.0606. The molecule has 0 aromatic heterocycles. The van der Waals surface area contributed by atoms with Gasteiger partial charge in [0.2, 0.25) is 10.0 Å². The van der Waals surface area contributed by atoms with Gasteiger partial charge in [-0.1, -0.05) is 31.4 Å². The molecule has 0 spiro atoms. The topological polar surface area (TPSA) is 54.5 Å². The van der Waals surface area contributed by atoms with E-state index in [4.69, 9.17) is 0 Å². The first-order valence-electron chi connectivity index (χ1n) is 7.02. The van der Waals surface area contributed by atoms with Crippen molar-refractivity contribution >= 4 is 15.8 Å². The van der Waals surface area contributed by atoms with Gasteiger partial charge in [-0.2, -0.15) is 4.31 Å². The van der Waals surface area contributed by atoms with Gasteiger partial charge in [0.15, 0.2) is 5.78 Å². The third-order valence-corrected chi connectivity index (χ3v) is 5.95. The Hall–Kier alpha value is -1.20. The lowest BCUT2D eigenvalue weighted by Crippen LogP contribution is -2.38. The molecule has 110 valence electrons. The standard InChI is InChI=1S/C15H21NO3S/c1-12(17)13-8-10-15(11-9-13)20(18,19)16(2)14-6-4-3-5-7-14/h8-11,14H,3-7H2,1-2H3. The second kappa shape index (κ2) is 6.06. The third-order valence-electron chi connectivity index (χ3n) is 4.03. The van der Waals surface area contributed by atoms with Crippen molar-refractivity contribution in [3.63, 3.8) is 0 Å². The van der Waals surface area contributed by atoms with Crippen LogP contribution in [-0.2, 0) is 10.0 Å². The van der Waals surface area contributed by atoms with E-state index in [1.165, 1.54) is 29.8 Å². The van der Waals surface area contributed by atoms with Crippen LogP contribution in [0.1, 0.15) is 49.4 Å². The van der Waals surface area contributed by atoms with Crippen LogP contribution in [0.25, 0.3) is 0 Å². The molecular formula is C15H21NO3S. The lowest BCUT2D eigenvalue weighted by Gasteiger charge is -2.30. The molecule has 0 unspecified atom stereocenters. The van der Waals surface area contributed by atoms with Crippen molar-refractivity contribution in [2.45, 2.75) is 50.0 Å². The number of hydrogen-bond donors (Lipinski definition) is 0. The van der Waals surface area contributed by atoms with Gasteiger partial charge < -0.3 is 0 Å². The van der Waals surface area contributed by atoms with E-state index in [2.05, 4.69) is 0 Å². The average molecular weight is 295 g/mol.